The Morgan fingerprint density at radius 1 is 1.19 bits per heavy atom. The standard InChI is InChI=1S/C26H21BrCl2N4O4/c1-3-15(2)25-31-22-8-6-18(27)11-20(22)26(34)32(25)30-13-16-4-9-24(23(10-16)33(35)36)37-14-17-5-7-19(28)12-21(17)29/h4-13,15H,3,14H2,1-2H3/t15-/m0/s1. The lowest BCUT2D eigenvalue weighted by Crippen LogP contribution is -2.23. The van der Waals surface area contributed by atoms with Gasteiger partial charge in [-0.2, -0.15) is 9.78 Å². The SMILES string of the molecule is CC[C@H](C)c1nc2ccc(Br)cc2c(=O)n1N=Cc1ccc(OCc2ccc(Cl)cc2Cl)c([N+](=O)[O-])c1. The smallest absolute Gasteiger partial charge is 0.311 e. The van der Waals surface area contributed by atoms with Gasteiger partial charge in [0.2, 0.25) is 0 Å². The summed E-state index contributed by atoms with van der Waals surface area (Å²) in [4.78, 5) is 29.2. The van der Waals surface area contributed by atoms with Crippen molar-refractivity contribution in [1.29, 1.82) is 0 Å². The second kappa shape index (κ2) is 11.4. The van der Waals surface area contributed by atoms with E-state index in [9.17, 15) is 14.9 Å². The number of benzene rings is 3. The summed E-state index contributed by atoms with van der Waals surface area (Å²) in [6, 6.07) is 14.7. The molecule has 0 aliphatic heterocycles. The van der Waals surface area contributed by atoms with E-state index < -0.39 is 4.92 Å². The van der Waals surface area contributed by atoms with Crippen molar-refractivity contribution < 1.29 is 9.66 Å². The first-order chi connectivity index (χ1) is 17.7. The fourth-order valence-electron chi connectivity index (χ4n) is 3.58. The lowest BCUT2D eigenvalue weighted by Gasteiger charge is -2.14. The zero-order valence-electron chi connectivity index (χ0n) is 19.8. The topological polar surface area (TPSA) is 99.6 Å². The second-order valence-electron chi connectivity index (χ2n) is 8.31. The molecule has 3 aromatic carbocycles. The molecule has 0 radical (unpaired) electrons. The lowest BCUT2D eigenvalue weighted by molar-refractivity contribution is -0.385. The Labute approximate surface area is 230 Å². The summed E-state index contributed by atoms with van der Waals surface area (Å²) in [6.07, 6.45) is 2.14. The molecule has 11 heteroatoms. The molecule has 1 aromatic heterocycles. The molecule has 37 heavy (non-hydrogen) atoms. The zero-order chi connectivity index (χ0) is 26.7. The van der Waals surface area contributed by atoms with Gasteiger partial charge in [-0.3, -0.25) is 14.9 Å². The van der Waals surface area contributed by atoms with Crippen molar-refractivity contribution in [3.63, 3.8) is 0 Å². The summed E-state index contributed by atoms with van der Waals surface area (Å²) >= 11 is 15.5. The van der Waals surface area contributed by atoms with Gasteiger partial charge in [0.05, 0.1) is 22.0 Å². The normalized spacial score (nSPS) is 12.2. The van der Waals surface area contributed by atoms with Crippen LogP contribution >= 0.6 is 39.1 Å². The number of fused-ring (bicyclic) bond motifs is 1. The summed E-state index contributed by atoms with van der Waals surface area (Å²) in [5.74, 6) is 0.540. The molecule has 1 atom stereocenters. The van der Waals surface area contributed by atoms with Gasteiger partial charge in [-0.15, -0.1) is 0 Å². The first kappa shape index (κ1) is 26.8. The quantitative estimate of drug-likeness (QED) is 0.119. The van der Waals surface area contributed by atoms with Crippen LogP contribution in [0, 0.1) is 10.1 Å². The van der Waals surface area contributed by atoms with Crippen LogP contribution in [-0.2, 0) is 6.61 Å². The van der Waals surface area contributed by atoms with E-state index in [1.807, 2.05) is 19.9 Å². The molecule has 0 amide bonds. The maximum absolute atomic E-state index is 13.3. The summed E-state index contributed by atoms with van der Waals surface area (Å²) in [5, 5.41) is 17.4. The van der Waals surface area contributed by atoms with E-state index in [0.717, 1.165) is 10.9 Å². The number of aromatic nitrogens is 2. The minimum Gasteiger partial charge on any atom is -0.482 e. The van der Waals surface area contributed by atoms with Gasteiger partial charge in [0.1, 0.15) is 12.4 Å². The van der Waals surface area contributed by atoms with Crippen LogP contribution in [0.2, 0.25) is 10.0 Å². The van der Waals surface area contributed by atoms with Crippen molar-refractivity contribution in [2.24, 2.45) is 5.10 Å². The van der Waals surface area contributed by atoms with Crippen LogP contribution in [0.4, 0.5) is 5.69 Å². The van der Waals surface area contributed by atoms with Gasteiger partial charge in [-0.05, 0) is 48.9 Å². The van der Waals surface area contributed by atoms with Crippen molar-refractivity contribution >= 4 is 61.9 Å². The Kier molecular flexibility index (Phi) is 8.26. The van der Waals surface area contributed by atoms with Crippen LogP contribution in [0.5, 0.6) is 5.75 Å². The van der Waals surface area contributed by atoms with E-state index in [1.165, 1.54) is 23.0 Å². The van der Waals surface area contributed by atoms with Crippen molar-refractivity contribution in [1.82, 2.24) is 9.66 Å². The highest BCUT2D eigenvalue weighted by molar-refractivity contribution is 9.10. The molecule has 0 aliphatic rings. The zero-order valence-corrected chi connectivity index (χ0v) is 22.9. The molecule has 190 valence electrons. The van der Waals surface area contributed by atoms with Crippen molar-refractivity contribution in [2.45, 2.75) is 32.8 Å². The maximum atomic E-state index is 13.3. The molecular formula is C26H21BrCl2N4O4. The van der Waals surface area contributed by atoms with Gasteiger partial charge in [0.25, 0.3) is 5.56 Å². The molecule has 1 heterocycles. The van der Waals surface area contributed by atoms with Gasteiger partial charge >= 0.3 is 5.69 Å². The van der Waals surface area contributed by atoms with Crippen LogP contribution in [-0.4, -0.2) is 20.8 Å². The van der Waals surface area contributed by atoms with Gasteiger partial charge in [-0.1, -0.05) is 59.0 Å². The van der Waals surface area contributed by atoms with E-state index in [-0.39, 0.29) is 29.5 Å². The summed E-state index contributed by atoms with van der Waals surface area (Å²) in [7, 11) is 0. The second-order valence-corrected chi connectivity index (χ2v) is 10.1. The van der Waals surface area contributed by atoms with Gasteiger partial charge in [0.15, 0.2) is 5.75 Å². The molecule has 0 N–H and O–H groups in total. The number of hydrogen-bond donors (Lipinski definition) is 0. The molecule has 0 saturated heterocycles. The predicted molar refractivity (Wildman–Crippen MR) is 149 cm³/mol. The summed E-state index contributed by atoms with van der Waals surface area (Å²) in [5.41, 5.74) is 1.06. The van der Waals surface area contributed by atoms with E-state index in [4.69, 9.17) is 27.9 Å². The first-order valence-corrected chi connectivity index (χ1v) is 12.8. The average Bonchev–Trinajstić information content (AvgIpc) is 2.87. The third kappa shape index (κ3) is 6.01. The number of ether oxygens (including phenoxy) is 1. The Morgan fingerprint density at radius 2 is 1.97 bits per heavy atom. The maximum Gasteiger partial charge on any atom is 0.311 e. The molecule has 4 rings (SSSR count). The van der Waals surface area contributed by atoms with E-state index in [2.05, 4.69) is 26.0 Å². The molecule has 0 aliphatic carbocycles. The highest BCUT2D eigenvalue weighted by Crippen LogP contribution is 2.30. The number of rotatable bonds is 8. The van der Waals surface area contributed by atoms with Gasteiger partial charge < -0.3 is 4.74 Å². The third-order valence-electron chi connectivity index (χ3n) is 5.79. The molecule has 0 unspecified atom stereocenters. The monoisotopic (exact) mass is 602 g/mol. The minimum absolute atomic E-state index is 0.0241. The average molecular weight is 604 g/mol. The van der Waals surface area contributed by atoms with Crippen LogP contribution in [0.3, 0.4) is 0 Å². The first-order valence-electron chi connectivity index (χ1n) is 11.3. The summed E-state index contributed by atoms with van der Waals surface area (Å²) < 4.78 is 7.68. The highest BCUT2D eigenvalue weighted by atomic mass is 79.9. The van der Waals surface area contributed by atoms with Crippen LogP contribution in [0.25, 0.3) is 10.9 Å². The molecule has 0 spiro atoms. The Morgan fingerprint density at radius 3 is 2.68 bits per heavy atom. The Balaban J connectivity index is 1.69. The largest absolute Gasteiger partial charge is 0.482 e. The fraction of sp³-hybridized carbons (Fsp3) is 0.192. The molecule has 8 nitrogen and oxygen atoms in total. The van der Waals surface area contributed by atoms with E-state index in [1.54, 1.807) is 36.4 Å². The number of halogens is 3. The van der Waals surface area contributed by atoms with Crippen molar-refractivity contribution in [3.8, 4) is 5.75 Å². The highest BCUT2D eigenvalue weighted by Gasteiger charge is 2.18. The fourth-order valence-corrected chi connectivity index (χ4v) is 4.40. The number of nitrogens with zero attached hydrogens (tertiary/aromatic N) is 4. The van der Waals surface area contributed by atoms with Crippen molar-refractivity contribution in [3.05, 3.63) is 107 Å². The van der Waals surface area contributed by atoms with Crippen LogP contribution < -0.4 is 10.3 Å². The minimum atomic E-state index is -0.540. The third-order valence-corrected chi connectivity index (χ3v) is 6.87. The molecule has 0 fully saturated rings. The number of nitro benzene ring substituents is 1. The number of hydrogen-bond acceptors (Lipinski definition) is 6. The summed E-state index contributed by atoms with van der Waals surface area (Å²) in [6.45, 7) is 3.98. The number of nitro groups is 1. The van der Waals surface area contributed by atoms with Crippen LogP contribution in [0.1, 0.15) is 43.1 Å². The van der Waals surface area contributed by atoms with Gasteiger partial charge in [0, 0.05) is 37.6 Å². The molecule has 4 aromatic rings. The Bertz CT molecular complexity index is 1590. The van der Waals surface area contributed by atoms with E-state index in [0.29, 0.717) is 37.9 Å². The van der Waals surface area contributed by atoms with Gasteiger partial charge in [-0.25, -0.2) is 4.98 Å². The van der Waals surface area contributed by atoms with E-state index >= 15 is 0 Å². The Hall–Kier alpha value is -3.27. The molecule has 0 bridgehead atoms. The van der Waals surface area contributed by atoms with Crippen LogP contribution in [0.15, 0.2) is 69.0 Å². The lowest BCUT2D eigenvalue weighted by atomic mass is 10.1. The molecular weight excluding hydrogens is 583 g/mol. The molecule has 0 saturated carbocycles. The van der Waals surface area contributed by atoms with Crippen molar-refractivity contribution in [2.75, 3.05) is 0 Å². The predicted octanol–water partition coefficient (Wildman–Crippen LogP) is 7.35.